The van der Waals surface area contributed by atoms with Gasteiger partial charge in [-0.2, -0.15) is 16.1 Å². The zero-order chi connectivity index (χ0) is 23.3. The Morgan fingerprint density at radius 1 is 1.09 bits per heavy atom. The second-order valence-electron chi connectivity index (χ2n) is 7.93. The molecule has 9 heteroatoms. The highest BCUT2D eigenvalue weighted by Crippen LogP contribution is 2.20. The molecule has 0 aromatic heterocycles. The number of likely N-dealkylation sites (N-methyl/N-ethyl adjacent to an activating group) is 1. The summed E-state index contributed by atoms with van der Waals surface area (Å²) in [6.07, 6.45) is 0. The van der Waals surface area contributed by atoms with Crippen molar-refractivity contribution in [1.29, 1.82) is 0 Å². The van der Waals surface area contributed by atoms with Crippen LogP contribution in [-0.2, 0) is 21.4 Å². The Bertz CT molecular complexity index is 1080. The van der Waals surface area contributed by atoms with Crippen molar-refractivity contribution in [2.45, 2.75) is 25.3 Å². The van der Waals surface area contributed by atoms with E-state index < -0.39 is 15.9 Å². The maximum atomic E-state index is 12.8. The first-order chi connectivity index (χ1) is 15.2. The number of ketones is 1. The molecule has 0 atom stereocenters. The minimum atomic E-state index is -3.85. The van der Waals surface area contributed by atoms with Crippen molar-refractivity contribution in [1.82, 2.24) is 9.21 Å². The third-order valence-electron chi connectivity index (χ3n) is 5.42. The van der Waals surface area contributed by atoms with Crippen molar-refractivity contribution in [3.05, 3.63) is 59.2 Å². The molecular weight excluding hydrogens is 446 g/mol. The molecule has 0 unspecified atom stereocenters. The minimum absolute atomic E-state index is 0.0377. The molecule has 2 aromatic rings. The van der Waals surface area contributed by atoms with Gasteiger partial charge in [-0.1, -0.05) is 24.3 Å². The van der Waals surface area contributed by atoms with Gasteiger partial charge in [0.15, 0.2) is 5.78 Å². The van der Waals surface area contributed by atoms with E-state index in [1.54, 1.807) is 0 Å². The van der Waals surface area contributed by atoms with Crippen molar-refractivity contribution < 1.29 is 18.0 Å². The number of nitrogens with zero attached hydrogens (tertiary/aromatic N) is 2. The van der Waals surface area contributed by atoms with Crippen LogP contribution in [0.3, 0.4) is 0 Å². The Balaban J connectivity index is 1.65. The number of amides is 1. The lowest BCUT2D eigenvalue weighted by Gasteiger charge is -2.26. The number of hydrogen-bond donors (Lipinski definition) is 1. The smallest absolute Gasteiger partial charge is 0.243 e. The third-order valence-corrected chi connectivity index (χ3v) is 8.18. The van der Waals surface area contributed by atoms with Crippen LogP contribution >= 0.6 is 11.8 Å². The maximum absolute atomic E-state index is 12.8. The van der Waals surface area contributed by atoms with Gasteiger partial charge in [0, 0.05) is 49.4 Å². The van der Waals surface area contributed by atoms with Gasteiger partial charge in [-0.25, -0.2) is 8.42 Å². The fourth-order valence-corrected chi connectivity index (χ4v) is 5.54. The van der Waals surface area contributed by atoms with Gasteiger partial charge in [-0.05, 0) is 43.2 Å². The van der Waals surface area contributed by atoms with Crippen molar-refractivity contribution in [3.63, 3.8) is 0 Å². The van der Waals surface area contributed by atoms with Gasteiger partial charge in [0.1, 0.15) is 0 Å². The van der Waals surface area contributed by atoms with Gasteiger partial charge >= 0.3 is 0 Å². The molecule has 0 radical (unpaired) electrons. The van der Waals surface area contributed by atoms with E-state index in [-0.39, 0.29) is 17.2 Å². The number of thioether (sulfide) groups is 1. The van der Waals surface area contributed by atoms with Gasteiger partial charge in [-0.15, -0.1) is 0 Å². The van der Waals surface area contributed by atoms with E-state index in [0.717, 1.165) is 46.6 Å². The molecule has 7 nitrogen and oxygen atoms in total. The fourth-order valence-electron chi connectivity index (χ4n) is 3.44. The van der Waals surface area contributed by atoms with Gasteiger partial charge < -0.3 is 5.32 Å². The van der Waals surface area contributed by atoms with Crippen molar-refractivity contribution in [3.8, 4) is 0 Å². The van der Waals surface area contributed by atoms with E-state index in [0.29, 0.717) is 11.3 Å². The Hall–Kier alpha value is -2.20. The summed E-state index contributed by atoms with van der Waals surface area (Å²) in [6.45, 7) is 5.95. The molecule has 0 saturated carbocycles. The average molecular weight is 476 g/mol. The number of anilines is 1. The number of carbonyl (C=O) groups is 2. The third kappa shape index (κ3) is 6.19. The molecule has 0 spiro atoms. The highest BCUT2D eigenvalue weighted by atomic mass is 32.2. The zero-order valence-electron chi connectivity index (χ0n) is 18.6. The summed E-state index contributed by atoms with van der Waals surface area (Å²) in [5.74, 6) is 1.71. The number of benzene rings is 2. The van der Waals surface area contributed by atoms with E-state index >= 15 is 0 Å². The van der Waals surface area contributed by atoms with Crippen molar-refractivity contribution >= 4 is 39.2 Å². The quantitative estimate of drug-likeness (QED) is 0.591. The van der Waals surface area contributed by atoms with Crippen molar-refractivity contribution in [2.75, 3.05) is 43.5 Å². The van der Waals surface area contributed by atoms with Crippen LogP contribution in [0.2, 0.25) is 0 Å². The van der Waals surface area contributed by atoms with E-state index in [1.165, 1.54) is 38.2 Å². The molecule has 32 heavy (non-hydrogen) atoms. The van der Waals surface area contributed by atoms with Crippen LogP contribution in [0.15, 0.2) is 47.4 Å². The molecule has 1 heterocycles. The lowest BCUT2D eigenvalue weighted by Crippen LogP contribution is -2.35. The molecule has 2 aromatic carbocycles. The summed E-state index contributed by atoms with van der Waals surface area (Å²) in [6, 6.07) is 11.7. The highest BCUT2D eigenvalue weighted by Gasteiger charge is 2.23. The molecule has 1 aliphatic heterocycles. The van der Waals surface area contributed by atoms with Gasteiger partial charge in [-0.3, -0.25) is 14.5 Å². The topological polar surface area (TPSA) is 86.8 Å². The molecule has 1 N–H and O–H groups in total. The van der Waals surface area contributed by atoms with E-state index in [1.807, 2.05) is 30.8 Å². The standard InChI is InChI=1S/C23H29N3O4S2/c1-17-4-5-19(15-26-10-12-31-13-11-26)14-22(17)24-23(28)16-25(3)32(29,30)21-8-6-20(7-9-21)18(2)27/h4-9,14H,10-13,15-16H2,1-3H3,(H,24,28). The molecule has 0 aliphatic carbocycles. The summed E-state index contributed by atoms with van der Waals surface area (Å²) in [4.78, 5) is 26.5. The lowest BCUT2D eigenvalue weighted by molar-refractivity contribution is -0.116. The lowest BCUT2D eigenvalue weighted by atomic mass is 10.1. The van der Waals surface area contributed by atoms with Crippen molar-refractivity contribution in [2.24, 2.45) is 0 Å². The Kier molecular flexibility index (Phi) is 8.10. The monoisotopic (exact) mass is 475 g/mol. The molecule has 3 rings (SSSR count). The summed E-state index contributed by atoms with van der Waals surface area (Å²) in [5.41, 5.74) is 3.16. The van der Waals surface area contributed by atoms with Crippen LogP contribution < -0.4 is 5.32 Å². The molecular formula is C23H29N3O4S2. The SMILES string of the molecule is CC(=O)c1ccc(S(=O)(=O)N(C)CC(=O)Nc2cc(CN3CCSCC3)ccc2C)cc1. The summed E-state index contributed by atoms with van der Waals surface area (Å²) in [7, 11) is -2.49. The molecule has 172 valence electrons. The van der Waals surface area contributed by atoms with Gasteiger partial charge in [0.25, 0.3) is 0 Å². The highest BCUT2D eigenvalue weighted by molar-refractivity contribution is 7.99. The van der Waals surface area contributed by atoms with Gasteiger partial charge in [0.05, 0.1) is 11.4 Å². The predicted octanol–water partition coefficient (Wildman–Crippen LogP) is 3.01. The van der Waals surface area contributed by atoms with Crippen LogP contribution in [0.1, 0.15) is 28.4 Å². The molecule has 1 saturated heterocycles. The molecule has 1 fully saturated rings. The summed E-state index contributed by atoms with van der Waals surface area (Å²) >= 11 is 1.96. The van der Waals surface area contributed by atoms with Gasteiger partial charge in [0.2, 0.25) is 15.9 Å². The first-order valence-corrected chi connectivity index (χ1v) is 13.0. The average Bonchev–Trinajstić information content (AvgIpc) is 2.76. The largest absolute Gasteiger partial charge is 0.325 e. The summed E-state index contributed by atoms with van der Waals surface area (Å²) < 4.78 is 26.6. The zero-order valence-corrected chi connectivity index (χ0v) is 20.3. The van der Waals surface area contributed by atoms with E-state index in [2.05, 4.69) is 16.3 Å². The number of carbonyl (C=O) groups excluding carboxylic acids is 2. The Morgan fingerprint density at radius 3 is 2.38 bits per heavy atom. The number of sulfonamides is 1. The number of hydrogen-bond acceptors (Lipinski definition) is 6. The minimum Gasteiger partial charge on any atom is -0.325 e. The van der Waals surface area contributed by atoms with Crippen LogP contribution in [0, 0.1) is 6.92 Å². The fraction of sp³-hybridized carbons (Fsp3) is 0.391. The first-order valence-electron chi connectivity index (χ1n) is 10.4. The summed E-state index contributed by atoms with van der Waals surface area (Å²) in [5, 5.41) is 2.85. The maximum Gasteiger partial charge on any atom is 0.243 e. The predicted molar refractivity (Wildman–Crippen MR) is 129 cm³/mol. The molecule has 1 aliphatic rings. The Labute approximate surface area is 194 Å². The molecule has 0 bridgehead atoms. The van der Waals surface area contributed by atoms with E-state index in [4.69, 9.17) is 0 Å². The first kappa shape index (κ1) is 24.4. The van der Waals surface area contributed by atoms with Crippen LogP contribution in [0.4, 0.5) is 5.69 Å². The number of nitrogens with one attached hydrogen (secondary N) is 1. The van der Waals surface area contributed by atoms with Crippen LogP contribution in [0.5, 0.6) is 0 Å². The normalized spacial score (nSPS) is 15.0. The number of Topliss-reactive ketones (excluding diaryl/α,β-unsaturated/α-hetero) is 1. The number of aryl methyl sites for hydroxylation is 1. The number of rotatable bonds is 8. The second kappa shape index (κ2) is 10.6. The van der Waals surface area contributed by atoms with E-state index in [9.17, 15) is 18.0 Å². The second-order valence-corrected chi connectivity index (χ2v) is 11.2. The molecule has 1 amide bonds. The Morgan fingerprint density at radius 2 is 1.75 bits per heavy atom. The van der Waals surface area contributed by atoms with Crippen LogP contribution in [-0.4, -0.2) is 67.5 Å². The van der Waals surface area contributed by atoms with Crippen LogP contribution in [0.25, 0.3) is 0 Å².